The Morgan fingerprint density at radius 2 is 1.92 bits per heavy atom. The van der Waals surface area contributed by atoms with Gasteiger partial charge in [0, 0.05) is 15.5 Å². The Bertz CT molecular complexity index is 842. The van der Waals surface area contributed by atoms with Crippen LogP contribution < -0.4 is 0 Å². The molecule has 128 valence electrons. The maximum Gasteiger partial charge on any atom is 0.324 e. The van der Waals surface area contributed by atoms with Crippen molar-refractivity contribution < 1.29 is 9.53 Å². The van der Waals surface area contributed by atoms with Crippen molar-refractivity contribution in [2.45, 2.75) is 25.2 Å². The Morgan fingerprint density at radius 1 is 1.24 bits per heavy atom. The summed E-state index contributed by atoms with van der Waals surface area (Å²) in [5, 5.41) is 11.0. The first-order valence-corrected chi connectivity index (χ1v) is 8.89. The first-order chi connectivity index (χ1) is 12.0. The van der Waals surface area contributed by atoms with Gasteiger partial charge in [0.2, 0.25) is 0 Å². The summed E-state index contributed by atoms with van der Waals surface area (Å²) in [6.45, 7) is 1.97. The fourth-order valence-corrected chi connectivity index (χ4v) is 4.05. The van der Waals surface area contributed by atoms with Crippen LogP contribution in [0.2, 0.25) is 10.0 Å². The van der Waals surface area contributed by atoms with E-state index in [0.29, 0.717) is 16.5 Å². The van der Waals surface area contributed by atoms with Gasteiger partial charge in [-0.3, -0.25) is 4.79 Å². The van der Waals surface area contributed by atoms with Crippen molar-refractivity contribution in [2.24, 2.45) is 5.92 Å². The van der Waals surface area contributed by atoms with Crippen molar-refractivity contribution in [3.8, 4) is 6.07 Å². The van der Waals surface area contributed by atoms with Gasteiger partial charge in [-0.15, -0.1) is 0 Å². The van der Waals surface area contributed by atoms with Crippen molar-refractivity contribution in [3.05, 3.63) is 69.2 Å². The van der Waals surface area contributed by atoms with Crippen molar-refractivity contribution in [3.63, 3.8) is 0 Å². The monoisotopic (exact) mass is 373 g/mol. The lowest BCUT2D eigenvalue weighted by atomic mass is 9.67. The van der Waals surface area contributed by atoms with Gasteiger partial charge >= 0.3 is 5.97 Å². The Labute approximate surface area is 157 Å². The molecule has 0 bridgehead atoms. The standard InChI is InChI=1S/C20H17Cl2NO2/c1-2-25-19(24)18(12-23)20(14-4-7-15(21)8-5-14)10-9-13-3-6-16(22)11-17(13)20/h3-8,11,18H,2,9-10H2,1H3. The number of benzene rings is 2. The average molecular weight is 374 g/mol. The summed E-state index contributed by atoms with van der Waals surface area (Å²) < 4.78 is 5.20. The number of fused-ring (bicyclic) bond motifs is 1. The number of ether oxygens (including phenoxy) is 1. The van der Waals surface area contributed by atoms with Crippen molar-refractivity contribution >= 4 is 29.2 Å². The first kappa shape index (κ1) is 17.8. The molecule has 2 unspecified atom stereocenters. The maximum absolute atomic E-state index is 12.6. The van der Waals surface area contributed by atoms with E-state index in [1.54, 1.807) is 19.1 Å². The van der Waals surface area contributed by atoms with Crippen LogP contribution in [-0.4, -0.2) is 12.6 Å². The van der Waals surface area contributed by atoms with E-state index in [-0.39, 0.29) is 6.61 Å². The molecule has 0 radical (unpaired) electrons. The van der Waals surface area contributed by atoms with Crippen LogP contribution in [0.15, 0.2) is 42.5 Å². The molecule has 0 aromatic heterocycles. The second kappa shape index (κ2) is 7.07. The Hall–Kier alpha value is -2.02. The minimum atomic E-state index is -0.951. The number of hydrogen-bond donors (Lipinski definition) is 0. The smallest absolute Gasteiger partial charge is 0.324 e. The highest BCUT2D eigenvalue weighted by Gasteiger charge is 2.50. The van der Waals surface area contributed by atoms with Crippen LogP contribution in [-0.2, 0) is 21.4 Å². The minimum Gasteiger partial charge on any atom is -0.465 e. The number of carbonyl (C=O) groups is 1. The van der Waals surface area contributed by atoms with Gasteiger partial charge in [-0.1, -0.05) is 41.4 Å². The second-order valence-corrected chi connectivity index (χ2v) is 6.97. The second-order valence-electron chi connectivity index (χ2n) is 6.09. The molecule has 2 aromatic carbocycles. The summed E-state index contributed by atoms with van der Waals surface area (Å²) in [5.74, 6) is -1.46. The van der Waals surface area contributed by atoms with Gasteiger partial charge in [-0.2, -0.15) is 5.26 Å². The first-order valence-electron chi connectivity index (χ1n) is 8.14. The van der Waals surface area contributed by atoms with E-state index in [0.717, 1.165) is 23.1 Å². The maximum atomic E-state index is 12.6. The highest BCUT2D eigenvalue weighted by Crippen LogP contribution is 2.50. The number of nitrogens with zero attached hydrogens (tertiary/aromatic N) is 1. The molecule has 0 aliphatic heterocycles. The number of hydrogen-bond acceptors (Lipinski definition) is 3. The molecule has 1 aliphatic rings. The molecule has 1 aliphatic carbocycles. The summed E-state index contributed by atoms with van der Waals surface area (Å²) in [6.07, 6.45) is 1.41. The topological polar surface area (TPSA) is 50.1 Å². The van der Waals surface area contributed by atoms with Crippen molar-refractivity contribution in [1.82, 2.24) is 0 Å². The fourth-order valence-electron chi connectivity index (χ4n) is 3.75. The molecule has 0 fully saturated rings. The molecule has 0 amide bonds. The summed E-state index contributed by atoms with van der Waals surface area (Å²) >= 11 is 12.3. The lowest BCUT2D eigenvalue weighted by Crippen LogP contribution is -2.39. The van der Waals surface area contributed by atoms with Gasteiger partial charge < -0.3 is 4.74 Å². The fraction of sp³-hybridized carbons (Fsp3) is 0.300. The normalized spacial score (nSPS) is 19.8. The van der Waals surface area contributed by atoms with E-state index in [4.69, 9.17) is 27.9 Å². The average Bonchev–Trinajstić information content (AvgIpc) is 2.96. The van der Waals surface area contributed by atoms with Crippen LogP contribution in [0, 0.1) is 17.2 Å². The van der Waals surface area contributed by atoms with Gasteiger partial charge in [0.25, 0.3) is 0 Å². The van der Waals surface area contributed by atoms with Crippen molar-refractivity contribution in [1.29, 1.82) is 5.26 Å². The Balaban J connectivity index is 2.24. The number of nitriles is 1. The van der Waals surface area contributed by atoms with Crippen molar-refractivity contribution in [2.75, 3.05) is 6.61 Å². The molecule has 3 nitrogen and oxygen atoms in total. The number of rotatable bonds is 4. The molecule has 0 heterocycles. The van der Waals surface area contributed by atoms with Crippen LogP contribution >= 0.6 is 23.2 Å². The van der Waals surface area contributed by atoms with Gasteiger partial charge in [0.05, 0.1) is 12.7 Å². The molecule has 0 N–H and O–H groups in total. The number of halogens is 2. The molecular weight excluding hydrogens is 357 g/mol. The summed E-state index contributed by atoms with van der Waals surface area (Å²) in [6, 6.07) is 15.2. The van der Waals surface area contributed by atoms with Crippen LogP contribution in [0.3, 0.4) is 0 Å². The zero-order valence-electron chi connectivity index (χ0n) is 13.8. The van der Waals surface area contributed by atoms with E-state index in [1.807, 2.05) is 30.3 Å². The van der Waals surface area contributed by atoms with E-state index in [1.165, 1.54) is 0 Å². The highest BCUT2D eigenvalue weighted by molar-refractivity contribution is 6.31. The molecule has 2 aromatic rings. The molecular formula is C20H17Cl2NO2. The van der Waals surface area contributed by atoms with Crippen LogP contribution in [0.5, 0.6) is 0 Å². The quantitative estimate of drug-likeness (QED) is 0.713. The third-order valence-electron chi connectivity index (χ3n) is 4.84. The Kier molecular flexibility index (Phi) is 5.03. The molecule has 5 heteroatoms. The predicted octanol–water partition coefficient (Wildman–Crippen LogP) is 4.93. The lowest BCUT2D eigenvalue weighted by Gasteiger charge is -2.34. The zero-order chi connectivity index (χ0) is 18.0. The summed E-state index contributed by atoms with van der Waals surface area (Å²) in [7, 11) is 0. The van der Waals surface area contributed by atoms with E-state index in [2.05, 4.69) is 6.07 Å². The SMILES string of the molecule is CCOC(=O)C(C#N)C1(c2ccc(Cl)cc2)CCc2ccc(Cl)cc21. The molecule has 0 saturated heterocycles. The van der Waals surface area contributed by atoms with Gasteiger partial charge in [-0.05, 0) is 60.7 Å². The van der Waals surface area contributed by atoms with Gasteiger partial charge in [0.15, 0.2) is 5.92 Å². The predicted molar refractivity (Wildman–Crippen MR) is 97.7 cm³/mol. The highest BCUT2D eigenvalue weighted by atomic mass is 35.5. The number of esters is 1. The van der Waals surface area contributed by atoms with E-state index < -0.39 is 17.3 Å². The third kappa shape index (κ3) is 3.01. The molecule has 0 saturated carbocycles. The summed E-state index contributed by atoms with van der Waals surface area (Å²) in [5.41, 5.74) is 2.11. The molecule has 25 heavy (non-hydrogen) atoms. The lowest BCUT2D eigenvalue weighted by molar-refractivity contribution is -0.147. The third-order valence-corrected chi connectivity index (χ3v) is 5.33. The molecule has 2 atom stereocenters. The van der Waals surface area contributed by atoms with Crippen LogP contribution in [0.1, 0.15) is 30.0 Å². The van der Waals surface area contributed by atoms with Gasteiger partial charge in [0.1, 0.15) is 0 Å². The summed E-state index contributed by atoms with van der Waals surface area (Å²) in [4.78, 5) is 12.6. The van der Waals surface area contributed by atoms with Crippen LogP contribution in [0.25, 0.3) is 0 Å². The zero-order valence-corrected chi connectivity index (χ0v) is 15.3. The number of carbonyl (C=O) groups excluding carboxylic acids is 1. The number of aryl methyl sites for hydroxylation is 1. The molecule has 0 spiro atoms. The van der Waals surface area contributed by atoms with Crippen LogP contribution in [0.4, 0.5) is 0 Å². The van der Waals surface area contributed by atoms with E-state index in [9.17, 15) is 10.1 Å². The van der Waals surface area contributed by atoms with Gasteiger partial charge in [-0.25, -0.2) is 0 Å². The largest absolute Gasteiger partial charge is 0.465 e. The van der Waals surface area contributed by atoms with E-state index >= 15 is 0 Å². The Morgan fingerprint density at radius 3 is 2.56 bits per heavy atom. The minimum absolute atomic E-state index is 0.232. The molecule has 3 rings (SSSR count).